The van der Waals surface area contributed by atoms with Crippen molar-refractivity contribution in [3.05, 3.63) is 194 Å². The zero-order chi connectivity index (χ0) is 39.1. The molecule has 0 atom stereocenters. The van der Waals surface area contributed by atoms with E-state index in [9.17, 15) is 6.85 Å². The summed E-state index contributed by atoms with van der Waals surface area (Å²) in [5, 5.41) is 7.13. The molecular formula is C50H32. The largest absolute Gasteiger partial charge is 0.0636 e. The van der Waals surface area contributed by atoms with E-state index in [2.05, 4.69) is 30.3 Å². The van der Waals surface area contributed by atoms with Gasteiger partial charge in [0, 0.05) is 0 Å². The van der Waals surface area contributed by atoms with Gasteiger partial charge in [0.2, 0.25) is 0 Å². The summed E-state index contributed by atoms with van der Waals surface area (Å²) in [5.41, 5.74) is 5.05. The van der Waals surface area contributed by atoms with Gasteiger partial charge in [0.1, 0.15) is 0 Å². The van der Waals surface area contributed by atoms with Crippen LogP contribution in [0.3, 0.4) is 0 Å². The zero-order valence-corrected chi connectivity index (χ0v) is 26.9. The van der Waals surface area contributed by atoms with Crippen LogP contribution in [-0.2, 0) is 0 Å². The van der Waals surface area contributed by atoms with Crippen molar-refractivity contribution in [1.82, 2.24) is 0 Å². The van der Waals surface area contributed by atoms with Crippen molar-refractivity contribution in [2.45, 2.75) is 0 Å². The van der Waals surface area contributed by atoms with Crippen LogP contribution >= 0.6 is 0 Å². The second kappa shape index (κ2) is 11.6. The van der Waals surface area contributed by atoms with Crippen molar-refractivity contribution in [1.29, 1.82) is 0 Å². The standard InChI is InChI=1S/C50H32/c1-3-13-38-30-40(26-22-33(38)10-1)35-20-24-37(25-21-35)49-45-17-7-8-18-46(45)50(42-27-23-34-11-2-4-14-39(34)31-42)47-29-28-41(32-48(47)49)44-19-9-15-36-12-5-6-16-43(36)44/h1-32H/i7D,8D,17D,18D,28D,29D,32D. The fourth-order valence-corrected chi connectivity index (χ4v) is 7.42. The molecule has 0 aliphatic rings. The van der Waals surface area contributed by atoms with Crippen LogP contribution in [0.15, 0.2) is 194 Å². The van der Waals surface area contributed by atoms with E-state index < -0.39 is 0 Å². The molecule has 50 heavy (non-hydrogen) atoms. The Morgan fingerprint density at radius 3 is 1.54 bits per heavy atom. The Morgan fingerprint density at radius 1 is 0.300 bits per heavy atom. The van der Waals surface area contributed by atoms with E-state index in [1.54, 1.807) is 0 Å². The lowest BCUT2D eigenvalue weighted by Crippen LogP contribution is -1.92. The molecule has 0 nitrogen and oxygen atoms in total. The topological polar surface area (TPSA) is 0 Å². The van der Waals surface area contributed by atoms with Gasteiger partial charge in [-0.15, -0.1) is 0 Å². The Balaban J connectivity index is 1.38. The van der Waals surface area contributed by atoms with E-state index >= 15 is 0 Å². The first-order valence-electron chi connectivity index (χ1n) is 20.3. The molecule has 0 bridgehead atoms. The molecule has 10 rings (SSSR count). The molecular weight excluding hydrogens is 601 g/mol. The first kappa shape index (κ1) is 22.2. The Morgan fingerprint density at radius 2 is 0.820 bits per heavy atom. The number of fused-ring (bicyclic) bond motifs is 5. The summed E-state index contributed by atoms with van der Waals surface area (Å²) in [6.45, 7) is 0. The van der Waals surface area contributed by atoms with Crippen molar-refractivity contribution < 1.29 is 9.60 Å². The molecule has 0 radical (unpaired) electrons. The molecule has 0 N–H and O–H groups in total. The highest BCUT2D eigenvalue weighted by molar-refractivity contribution is 6.22. The number of rotatable bonds is 4. The van der Waals surface area contributed by atoms with Crippen LogP contribution in [0.5, 0.6) is 0 Å². The van der Waals surface area contributed by atoms with Gasteiger partial charge in [0.25, 0.3) is 0 Å². The predicted octanol–water partition coefficient (Wildman–Crippen LogP) is 14.1. The van der Waals surface area contributed by atoms with Crippen molar-refractivity contribution in [3.63, 3.8) is 0 Å². The fourth-order valence-electron chi connectivity index (χ4n) is 7.42. The summed E-state index contributed by atoms with van der Waals surface area (Å²) in [4.78, 5) is 0. The molecule has 10 aromatic carbocycles. The lowest BCUT2D eigenvalue weighted by molar-refractivity contribution is 1.62. The summed E-state index contributed by atoms with van der Waals surface area (Å²) >= 11 is 0. The molecule has 0 spiro atoms. The zero-order valence-electron chi connectivity index (χ0n) is 33.9. The van der Waals surface area contributed by atoms with E-state index in [0.717, 1.165) is 43.4 Å². The highest BCUT2D eigenvalue weighted by atomic mass is 14.2. The minimum Gasteiger partial charge on any atom is -0.0616 e. The molecule has 232 valence electrons. The average Bonchev–Trinajstić information content (AvgIpc) is 3.25. The fraction of sp³-hybridized carbons (Fsp3) is 0. The summed E-state index contributed by atoms with van der Waals surface area (Å²) < 4.78 is 66.3. The quantitative estimate of drug-likeness (QED) is 0.168. The minimum absolute atomic E-state index is 0.0207. The van der Waals surface area contributed by atoms with Gasteiger partial charge < -0.3 is 0 Å². The van der Waals surface area contributed by atoms with Gasteiger partial charge >= 0.3 is 0 Å². The van der Waals surface area contributed by atoms with Gasteiger partial charge in [-0.2, -0.15) is 0 Å². The number of hydrogen-bond acceptors (Lipinski definition) is 0. The van der Waals surface area contributed by atoms with Crippen LogP contribution in [0.2, 0.25) is 0 Å². The number of benzene rings is 10. The first-order valence-corrected chi connectivity index (χ1v) is 16.8. The Kier molecular flexibility index (Phi) is 5.14. The molecule has 10 aromatic rings. The molecule has 0 heterocycles. The maximum absolute atomic E-state index is 10.1. The summed E-state index contributed by atoms with van der Waals surface area (Å²) in [6, 6.07) is 48.2. The maximum Gasteiger partial charge on any atom is 0.0636 e. The van der Waals surface area contributed by atoms with Gasteiger partial charge in [0.15, 0.2) is 0 Å². The van der Waals surface area contributed by atoms with E-state index in [4.69, 9.17) is 2.74 Å². The Labute approximate surface area is 301 Å². The van der Waals surface area contributed by atoms with E-state index in [0.29, 0.717) is 44.2 Å². The van der Waals surface area contributed by atoms with E-state index in [1.165, 1.54) is 0 Å². The van der Waals surface area contributed by atoms with Crippen LogP contribution in [0.1, 0.15) is 9.60 Å². The first-order chi connectivity index (χ1) is 27.7. The molecule has 0 aliphatic carbocycles. The minimum atomic E-state index is -0.386. The van der Waals surface area contributed by atoms with Crippen LogP contribution < -0.4 is 0 Å². The van der Waals surface area contributed by atoms with Crippen LogP contribution in [0.25, 0.3) is 98.4 Å². The molecule has 0 saturated heterocycles. The summed E-state index contributed by atoms with van der Waals surface area (Å²) in [7, 11) is 0. The van der Waals surface area contributed by atoms with Crippen LogP contribution in [0.4, 0.5) is 0 Å². The second-order valence-electron chi connectivity index (χ2n) is 12.7. The SMILES string of the molecule is [2H]c1c([2H])c([2H])c2c(-c3ccc(-c4ccc5ccccc5c4)cc3)c3c([2H])c(-c4cccc5ccccc45)c([2H])c([2H])c3c(-c3ccc4ccccc4c3)c2c1[2H]. The molecule has 0 unspecified atom stereocenters. The third-order valence-electron chi connectivity index (χ3n) is 9.85. The Hall–Kier alpha value is -6.50. The van der Waals surface area contributed by atoms with E-state index in [-0.39, 0.29) is 53.1 Å². The number of hydrogen-bond donors (Lipinski definition) is 0. The third-order valence-corrected chi connectivity index (χ3v) is 9.85. The summed E-state index contributed by atoms with van der Waals surface area (Å²) in [5.74, 6) is 0. The lowest BCUT2D eigenvalue weighted by Gasteiger charge is -2.19. The predicted molar refractivity (Wildman–Crippen MR) is 216 cm³/mol. The van der Waals surface area contributed by atoms with E-state index in [1.807, 2.05) is 121 Å². The molecule has 0 aromatic heterocycles. The van der Waals surface area contributed by atoms with Crippen LogP contribution in [-0.4, -0.2) is 0 Å². The van der Waals surface area contributed by atoms with Gasteiger partial charge in [0.05, 0.1) is 9.60 Å². The smallest absolute Gasteiger partial charge is 0.0616 e. The van der Waals surface area contributed by atoms with Gasteiger partial charge in [-0.1, -0.05) is 176 Å². The highest BCUT2D eigenvalue weighted by Crippen LogP contribution is 2.46. The van der Waals surface area contributed by atoms with Crippen LogP contribution in [0, 0.1) is 0 Å². The van der Waals surface area contributed by atoms with Gasteiger partial charge in [-0.25, -0.2) is 0 Å². The average molecular weight is 640 g/mol. The molecule has 0 heteroatoms. The second-order valence-corrected chi connectivity index (χ2v) is 12.7. The molecule has 0 aliphatic heterocycles. The van der Waals surface area contributed by atoms with Gasteiger partial charge in [-0.3, -0.25) is 0 Å². The lowest BCUT2D eigenvalue weighted by atomic mass is 9.84. The highest BCUT2D eigenvalue weighted by Gasteiger charge is 2.18. The van der Waals surface area contributed by atoms with Crippen molar-refractivity contribution in [2.24, 2.45) is 0 Å². The third kappa shape index (κ3) is 4.69. The van der Waals surface area contributed by atoms with Gasteiger partial charge in [-0.05, 0) is 117 Å². The van der Waals surface area contributed by atoms with Crippen molar-refractivity contribution >= 4 is 53.9 Å². The molecule has 0 amide bonds. The molecule has 0 fully saturated rings. The molecule has 0 saturated carbocycles. The normalized spacial score (nSPS) is 13.6. The Bertz CT molecular complexity index is 3310. The van der Waals surface area contributed by atoms with Crippen molar-refractivity contribution in [2.75, 3.05) is 0 Å². The van der Waals surface area contributed by atoms with Crippen molar-refractivity contribution in [3.8, 4) is 44.5 Å². The summed E-state index contributed by atoms with van der Waals surface area (Å²) in [6.07, 6.45) is 0. The maximum atomic E-state index is 10.1. The monoisotopic (exact) mass is 639 g/mol.